The van der Waals surface area contributed by atoms with E-state index in [1.165, 1.54) is 36.7 Å². The van der Waals surface area contributed by atoms with E-state index in [2.05, 4.69) is 0 Å². The van der Waals surface area contributed by atoms with Crippen molar-refractivity contribution in [3.05, 3.63) is 53.1 Å². The summed E-state index contributed by atoms with van der Waals surface area (Å²) in [6.45, 7) is 0.462. The molecule has 0 atom stereocenters. The normalized spacial score (nSPS) is 14.5. The van der Waals surface area contributed by atoms with E-state index >= 15 is 0 Å². The Morgan fingerprint density at radius 2 is 1.77 bits per heavy atom. The number of rotatable bonds is 5. The highest BCUT2D eigenvalue weighted by Crippen LogP contribution is 2.32. The number of ether oxygens (including phenoxy) is 2. The second-order valence-corrected chi connectivity index (χ2v) is 7.83. The fourth-order valence-corrected chi connectivity index (χ4v) is 4.43. The summed E-state index contributed by atoms with van der Waals surface area (Å²) in [5.74, 6) is -0.256. The second kappa shape index (κ2) is 6.97. The third-order valence-corrected chi connectivity index (χ3v) is 6.26. The molecular weight excluding hydrogens is 358 g/mol. The van der Waals surface area contributed by atoms with Crippen LogP contribution < -0.4 is 9.47 Å². The van der Waals surface area contributed by atoms with Crippen LogP contribution in [-0.2, 0) is 23.0 Å². The van der Waals surface area contributed by atoms with Gasteiger partial charge in [0.25, 0.3) is 0 Å². The van der Waals surface area contributed by atoms with Gasteiger partial charge in [0.2, 0.25) is 10.0 Å². The lowest BCUT2D eigenvalue weighted by Crippen LogP contribution is -2.36. The maximum Gasteiger partial charge on any atom is 0.335 e. The molecule has 1 aliphatic heterocycles. The molecule has 0 aromatic heterocycles. The van der Waals surface area contributed by atoms with Gasteiger partial charge in [-0.05, 0) is 41.8 Å². The first-order chi connectivity index (χ1) is 12.4. The Balaban J connectivity index is 1.94. The van der Waals surface area contributed by atoms with Crippen molar-refractivity contribution >= 4 is 16.0 Å². The number of carboxylic acids is 1. The van der Waals surface area contributed by atoms with Crippen LogP contribution in [0.15, 0.2) is 41.3 Å². The van der Waals surface area contributed by atoms with Crippen LogP contribution in [0.4, 0.5) is 0 Å². The summed E-state index contributed by atoms with van der Waals surface area (Å²) in [6.07, 6.45) is 0.530. The number of sulfonamides is 1. The molecule has 3 rings (SSSR count). The Labute approximate surface area is 151 Å². The quantitative estimate of drug-likeness (QED) is 0.858. The molecule has 1 N–H and O–H groups in total. The number of carbonyl (C=O) groups is 1. The van der Waals surface area contributed by atoms with Crippen molar-refractivity contribution < 1.29 is 27.8 Å². The Kier molecular flexibility index (Phi) is 4.88. The predicted molar refractivity (Wildman–Crippen MR) is 94.2 cm³/mol. The average molecular weight is 377 g/mol. The Morgan fingerprint density at radius 1 is 1.04 bits per heavy atom. The minimum absolute atomic E-state index is 0.105. The van der Waals surface area contributed by atoms with Crippen LogP contribution in [0.2, 0.25) is 0 Å². The fourth-order valence-electron chi connectivity index (χ4n) is 3.00. The molecular formula is C18H19NO6S. The van der Waals surface area contributed by atoms with Gasteiger partial charge < -0.3 is 14.6 Å². The molecule has 0 spiro atoms. The van der Waals surface area contributed by atoms with Gasteiger partial charge in [0.05, 0.1) is 24.7 Å². The van der Waals surface area contributed by atoms with Gasteiger partial charge in [-0.25, -0.2) is 13.2 Å². The average Bonchev–Trinajstić information content (AvgIpc) is 2.66. The number of fused-ring (bicyclic) bond motifs is 1. The summed E-state index contributed by atoms with van der Waals surface area (Å²) in [5.41, 5.74) is 1.82. The van der Waals surface area contributed by atoms with Crippen LogP contribution in [0, 0.1) is 0 Å². The minimum atomic E-state index is -3.75. The number of methoxy groups -OCH3 is 2. The van der Waals surface area contributed by atoms with Gasteiger partial charge in [-0.2, -0.15) is 4.31 Å². The van der Waals surface area contributed by atoms with E-state index in [9.17, 15) is 13.2 Å². The van der Waals surface area contributed by atoms with E-state index in [1.54, 1.807) is 18.2 Å². The van der Waals surface area contributed by atoms with Crippen molar-refractivity contribution in [2.75, 3.05) is 20.8 Å². The molecule has 7 nitrogen and oxygen atoms in total. The zero-order valence-corrected chi connectivity index (χ0v) is 15.2. The number of nitrogens with zero attached hydrogens (tertiary/aromatic N) is 1. The number of hydrogen-bond donors (Lipinski definition) is 1. The van der Waals surface area contributed by atoms with Crippen molar-refractivity contribution in [3.8, 4) is 11.5 Å². The molecule has 0 bridgehead atoms. The van der Waals surface area contributed by atoms with E-state index < -0.39 is 16.0 Å². The molecule has 0 amide bonds. The van der Waals surface area contributed by atoms with E-state index in [4.69, 9.17) is 14.6 Å². The maximum absolute atomic E-state index is 13.0. The molecule has 0 saturated carbocycles. The second-order valence-electron chi connectivity index (χ2n) is 5.89. The number of benzene rings is 2. The molecule has 0 unspecified atom stereocenters. The van der Waals surface area contributed by atoms with Gasteiger partial charge >= 0.3 is 5.97 Å². The summed E-state index contributed by atoms with van der Waals surface area (Å²) in [7, 11) is -0.822. The van der Waals surface area contributed by atoms with Crippen LogP contribution >= 0.6 is 0 Å². The summed E-state index contributed by atoms with van der Waals surface area (Å²) < 4.78 is 37.7. The van der Waals surface area contributed by atoms with Gasteiger partial charge in [-0.15, -0.1) is 0 Å². The van der Waals surface area contributed by atoms with Crippen LogP contribution in [0.5, 0.6) is 11.5 Å². The third-order valence-electron chi connectivity index (χ3n) is 4.42. The van der Waals surface area contributed by atoms with Crippen molar-refractivity contribution in [1.82, 2.24) is 4.31 Å². The van der Waals surface area contributed by atoms with Crippen molar-refractivity contribution in [1.29, 1.82) is 0 Å². The van der Waals surface area contributed by atoms with E-state index in [0.29, 0.717) is 30.0 Å². The van der Waals surface area contributed by atoms with Gasteiger partial charge in [-0.3, -0.25) is 0 Å². The topological polar surface area (TPSA) is 93.1 Å². The Hall–Kier alpha value is -2.58. The molecule has 1 heterocycles. The maximum atomic E-state index is 13.0. The lowest BCUT2D eigenvalue weighted by Gasteiger charge is -2.28. The Bertz CT molecular complexity index is 954. The largest absolute Gasteiger partial charge is 0.493 e. The lowest BCUT2D eigenvalue weighted by molar-refractivity contribution is 0.0696. The molecule has 0 fully saturated rings. The number of aromatic carboxylic acids is 1. The van der Waals surface area contributed by atoms with E-state index in [1.807, 2.05) is 0 Å². The molecule has 0 saturated heterocycles. The molecule has 0 radical (unpaired) electrons. The van der Waals surface area contributed by atoms with Crippen molar-refractivity contribution in [3.63, 3.8) is 0 Å². The SMILES string of the molecule is COc1ccc(S(=O)(=O)N2CCc3ccc(C(=O)O)cc3C2)cc1OC. The molecule has 2 aromatic carbocycles. The summed E-state index contributed by atoms with van der Waals surface area (Å²) in [6, 6.07) is 9.27. The van der Waals surface area contributed by atoms with Crippen LogP contribution in [0.1, 0.15) is 21.5 Å². The zero-order valence-electron chi connectivity index (χ0n) is 14.4. The molecule has 26 heavy (non-hydrogen) atoms. The fraction of sp³-hybridized carbons (Fsp3) is 0.278. The van der Waals surface area contributed by atoms with Crippen molar-refractivity contribution in [2.24, 2.45) is 0 Å². The lowest BCUT2D eigenvalue weighted by atomic mass is 9.99. The minimum Gasteiger partial charge on any atom is -0.493 e. The Morgan fingerprint density at radius 3 is 2.42 bits per heavy atom. The highest BCUT2D eigenvalue weighted by atomic mass is 32.2. The van der Waals surface area contributed by atoms with Crippen LogP contribution in [-0.4, -0.2) is 44.6 Å². The van der Waals surface area contributed by atoms with Crippen molar-refractivity contribution in [2.45, 2.75) is 17.9 Å². The molecule has 8 heteroatoms. The first-order valence-electron chi connectivity index (χ1n) is 7.94. The highest BCUT2D eigenvalue weighted by molar-refractivity contribution is 7.89. The van der Waals surface area contributed by atoms with Gasteiger partial charge in [0, 0.05) is 19.2 Å². The van der Waals surface area contributed by atoms with Crippen LogP contribution in [0.25, 0.3) is 0 Å². The highest BCUT2D eigenvalue weighted by Gasteiger charge is 2.29. The number of hydrogen-bond acceptors (Lipinski definition) is 5. The molecule has 138 valence electrons. The number of carboxylic acid groups (broad SMARTS) is 1. The van der Waals surface area contributed by atoms with E-state index in [0.717, 1.165) is 5.56 Å². The summed E-state index contributed by atoms with van der Waals surface area (Å²) in [4.78, 5) is 11.3. The van der Waals surface area contributed by atoms with Gasteiger partial charge in [0.1, 0.15) is 0 Å². The van der Waals surface area contributed by atoms with Gasteiger partial charge in [0.15, 0.2) is 11.5 Å². The smallest absolute Gasteiger partial charge is 0.335 e. The van der Waals surface area contributed by atoms with Gasteiger partial charge in [-0.1, -0.05) is 6.07 Å². The zero-order chi connectivity index (χ0) is 18.9. The van der Waals surface area contributed by atoms with Crippen LogP contribution in [0.3, 0.4) is 0 Å². The molecule has 0 aliphatic carbocycles. The molecule has 2 aromatic rings. The molecule has 1 aliphatic rings. The first-order valence-corrected chi connectivity index (χ1v) is 9.38. The predicted octanol–water partition coefficient (Wildman–Crippen LogP) is 2.15. The first kappa shape index (κ1) is 18.2. The third kappa shape index (κ3) is 3.25. The summed E-state index contributed by atoms with van der Waals surface area (Å²) in [5, 5.41) is 9.14. The standard InChI is InChI=1S/C18H19NO6S/c1-24-16-6-5-15(10-17(16)25-2)26(22,23)19-8-7-12-3-4-13(18(20)21)9-14(12)11-19/h3-6,9-10H,7-8,11H2,1-2H3,(H,20,21). The monoisotopic (exact) mass is 377 g/mol. The van der Waals surface area contributed by atoms with E-state index in [-0.39, 0.29) is 17.0 Å². The summed E-state index contributed by atoms with van der Waals surface area (Å²) >= 11 is 0.